The maximum atomic E-state index is 5.62. The minimum Gasteiger partial charge on any atom is -0.371 e. The zero-order valence-electron chi connectivity index (χ0n) is 8.48. The van der Waals surface area contributed by atoms with E-state index in [-0.39, 0.29) is 12.2 Å². The lowest BCUT2D eigenvalue weighted by Gasteiger charge is -2.24. The fraction of sp³-hybridized carbons (Fsp3) is 0.700. The lowest BCUT2D eigenvalue weighted by molar-refractivity contribution is -0.116. The number of aliphatic imine (C=N–C) groups is 1. The SMILES string of the molecule is C=C/C(=N\C)N1C[C@@H]2OCCO[C@@H]2C1. The highest BCUT2D eigenvalue weighted by molar-refractivity contribution is 5.92. The van der Waals surface area contributed by atoms with Gasteiger partial charge in [-0.1, -0.05) is 6.58 Å². The van der Waals surface area contributed by atoms with Crippen LogP contribution in [0, 0.1) is 0 Å². The number of rotatable bonds is 1. The number of fused-ring (bicyclic) bond motifs is 1. The second-order valence-corrected chi connectivity index (χ2v) is 3.51. The Morgan fingerprint density at radius 1 is 1.36 bits per heavy atom. The first kappa shape index (κ1) is 9.68. The van der Waals surface area contributed by atoms with Crippen LogP contribution >= 0.6 is 0 Å². The Kier molecular flexibility index (Phi) is 2.84. The summed E-state index contributed by atoms with van der Waals surface area (Å²) in [6.45, 7) is 6.89. The maximum Gasteiger partial charge on any atom is 0.122 e. The van der Waals surface area contributed by atoms with Gasteiger partial charge in [0, 0.05) is 20.1 Å². The first-order valence-electron chi connectivity index (χ1n) is 4.92. The summed E-state index contributed by atoms with van der Waals surface area (Å²) >= 11 is 0. The van der Waals surface area contributed by atoms with Crippen LogP contribution < -0.4 is 0 Å². The summed E-state index contributed by atoms with van der Waals surface area (Å²) in [6.07, 6.45) is 2.19. The van der Waals surface area contributed by atoms with E-state index < -0.39 is 0 Å². The number of hydrogen-bond acceptors (Lipinski definition) is 3. The molecule has 0 aromatic heterocycles. The van der Waals surface area contributed by atoms with Crippen LogP contribution in [0.3, 0.4) is 0 Å². The van der Waals surface area contributed by atoms with E-state index in [1.54, 1.807) is 13.1 Å². The van der Waals surface area contributed by atoms with Crippen molar-refractivity contribution in [2.45, 2.75) is 12.2 Å². The van der Waals surface area contributed by atoms with Crippen LogP contribution in [0.25, 0.3) is 0 Å². The van der Waals surface area contributed by atoms with Gasteiger partial charge in [-0.25, -0.2) is 0 Å². The standard InChI is InChI=1S/C10H16N2O2/c1-3-10(11-2)12-6-8-9(7-12)14-5-4-13-8/h3,8-9H,1,4-7H2,2H3/b11-10+/t8-,9+. The van der Waals surface area contributed by atoms with Crippen molar-refractivity contribution in [3.63, 3.8) is 0 Å². The van der Waals surface area contributed by atoms with Crippen molar-refractivity contribution in [1.29, 1.82) is 0 Å². The van der Waals surface area contributed by atoms with E-state index in [2.05, 4.69) is 16.5 Å². The van der Waals surface area contributed by atoms with E-state index in [0.717, 1.165) is 18.9 Å². The van der Waals surface area contributed by atoms with Crippen LogP contribution in [0.1, 0.15) is 0 Å². The van der Waals surface area contributed by atoms with E-state index >= 15 is 0 Å². The van der Waals surface area contributed by atoms with E-state index in [0.29, 0.717) is 13.2 Å². The molecule has 0 radical (unpaired) electrons. The molecule has 14 heavy (non-hydrogen) atoms. The highest BCUT2D eigenvalue weighted by Gasteiger charge is 2.37. The number of hydrogen-bond donors (Lipinski definition) is 0. The zero-order valence-corrected chi connectivity index (χ0v) is 8.48. The predicted octanol–water partition coefficient (Wildman–Crippen LogP) is 0.300. The lowest BCUT2D eigenvalue weighted by atomic mass is 10.2. The maximum absolute atomic E-state index is 5.62. The summed E-state index contributed by atoms with van der Waals surface area (Å²) in [7, 11) is 1.78. The highest BCUT2D eigenvalue weighted by Crippen LogP contribution is 2.20. The van der Waals surface area contributed by atoms with Crippen LogP contribution in [-0.4, -0.2) is 56.3 Å². The van der Waals surface area contributed by atoms with Gasteiger partial charge in [-0.05, 0) is 6.08 Å². The molecule has 0 saturated carbocycles. The molecule has 2 atom stereocenters. The molecule has 2 rings (SSSR count). The van der Waals surface area contributed by atoms with Gasteiger partial charge in [0.25, 0.3) is 0 Å². The third-order valence-corrected chi connectivity index (χ3v) is 2.70. The molecule has 2 aliphatic rings. The first-order chi connectivity index (χ1) is 6.85. The van der Waals surface area contributed by atoms with Crippen LogP contribution in [-0.2, 0) is 9.47 Å². The third kappa shape index (κ3) is 1.67. The van der Waals surface area contributed by atoms with Crippen molar-refractivity contribution in [2.75, 3.05) is 33.4 Å². The smallest absolute Gasteiger partial charge is 0.122 e. The number of amidine groups is 1. The minimum absolute atomic E-state index is 0.209. The van der Waals surface area contributed by atoms with Crippen LogP contribution in [0.2, 0.25) is 0 Å². The van der Waals surface area contributed by atoms with Gasteiger partial charge in [-0.2, -0.15) is 0 Å². The van der Waals surface area contributed by atoms with Crippen molar-refractivity contribution in [1.82, 2.24) is 4.90 Å². The van der Waals surface area contributed by atoms with E-state index in [1.807, 2.05) is 0 Å². The average molecular weight is 196 g/mol. The lowest BCUT2D eigenvalue weighted by Crippen LogP contribution is -2.36. The quantitative estimate of drug-likeness (QED) is 0.447. The Bertz CT molecular complexity index is 239. The third-order valence-electron chi connectivity index (χ3n) is 2.70. The molecular formula is C10H16N2O2. The van der Waals surface area contributed by atoms with E-state index in [1.165, 1.54) is 0 Å². The molecule has 0 aliphatic carbocycles. The molecule has 2 fully saturated rings. The van der Waals surface area contributed by atoms with Crippen molar-refractivity contribution in [3.05, 3.63) is 12.7 Å². The van der Waals surface area contributed by atoms with Gasteiger partial charge in [0.15, 0.2) is 0 Å². The molecule has 0 aromatic carbocycles. The van der Waals surface area contributed by atoms with Gasteiger partial charge in [-0.3, -0.25) is 4.99 Å². The number of likely N-dealkylation sites (tertiary alicyclic amines) is 1. The minimum atomic E-state index is 0.209. The zero-order chi connectivity index (χ0) is 9.97. The molecule has 4 nitrogen and oxygen atoms in total. The van der Waals surface area contributed by atoms with Gasteiger partial charge in [-0.15, -0.1) is 0 Å². The fourth-order valence-electron chi connectivity index (χ4n) is 2.01. The number of nitrogens with zero attached hydrogens (tertiary/aromatic N) is 2. The average Bonchev–Trinajstić information content (AvgIpc) is 2.63. The van der Waals surface area contributed by atoms with Crippen molar-refractivity contribution >= 4 is 5.84 Å². The molecule has 0 amide bonds. The second-order valence-electron chi connectivity index (χ2n) is 3.51. The van der Waals surface area contributed by atoms with Gasteiger partial charge >= 0.3 is 0 Å². The van der Waals surface area contributed by atoms with Gasteiger partial charge in [0.1, 0.15) is 18.0 Å². The molecule has 2 heterocycles. The molecule has 0 spiro atoms. The largest absolute Gasteiger partial charge is 0.371 e. The van der Waals surface area contributed by atoms with Crippen LogP contribution in [0.5, 0.6) is 0 Å². The highest BCUT2D eigenvalue weighted by atomic mass is 16.6. The Hall–Kier alpha value is -0.870. The first-order valence-corrected chi connectivity index (χ1v) is 4.92. The number of ether oxygens (including phenoxy) is 2. The molecule has 2 aliphatic heterocycles. The Morgan fingerprint density at radius 3 is 2.36 bits per heavy atom. The summed E-state index contributed by atoms with van der Waals surface area (Å²) in [5, 5.41) is 0. The Balaban J connectivity index is 2.02. The van der Waals surface area contributed by atoms with Gasteiger partial charge < -0.3 is 14.4 Å². The topological polar surface area (TPSA) is 34.1 Å². The Labute approximate surface area is 84.2 Å². The fourth-order valence-corrected chi connectivity index (χ4v) is 2.01. The molecule has 78 valence electrons. The van der Waals surface area contributed by atoms with Crippen molar-refractivity contribution in [3.8, 4) is 0 Å². The van der Waals surface area contributed by atoms with Crippen molar-refractivity contribution in [2.24, 2.45) is 4.99 Å². The second kappa shape index (κ2) is 4.11. The monoisotopic (exact) mass is 196 g/mol. The van der Waals surface area contributed by atoms with Gasteiger partial charge in [0.05, 0.1) is 13.2 Å². The summed E-state index contributed by atoms with van der Waals surface area (Å²) < 4.78 is 11.2. The summed E-state index contributed by atoms with van der Waals surface area (Å²) in [6, 6.07) is 0. The molecule has 2 saturated heterocycles. The normalized spacial score (nSPS) is 32.9. The predicted molar refractivity (Wildman–Crippen MR) is 54.6 cm³/mol. The Morgan fingerprint density at radius 2 is 1.93 bits per heavy atom. The van der Waals surface area contributed by atoms with Crippen LogP contribution in [0.15, 0.2) is 17.6 Å². The molecule has 0 unspecified atom stereocenters. The van der Waals surface area contributed by atoms with E-state index in [4.69, 9.17) is 9.47 Å². The molecule has 0 N–H and O–H groups in total. The van der Waals surface area contributed by atoms with Crippen LogP contribution in [0.4, 0.5) is 0 Å². The molecule has 4 heteroatoms. The molecular weight excluding hydrogens is 180 g/mol. The summed E-state index contributed by atoms with van der Waals surface area (Å²) in [4.78, 5) is 6.32. The van der Waals surface area contributed by atoms with Gasteiger partial charge in [0.2, 0.25) is 0 Å². The summed E-state index contributed by atoms with van der Waals surface area (Å²) in [5.41, 5.74) is 0. The van der Waals surface area contributed by atoms with Crippen molar-refractivity contribution < 1.29 is 9.47 Å². The van der Waals surface area contributed by atoms with E-state index in [9.17, 15) is 0 Å². The summed E-state index contributed by atoms with van der Waals surface area (Å²) in [5.74, 6) is 0.923. The molecule has 0 aromatic rings. The molecule has 0 bridgehead atoms.